The summed E-state index contributed by atoms with van der Waals surface area (Å²) in [4.78, 5) is 6.44. The van der Waals surface area contributed by atoms with E-state index in [9.17, 15) is 0 Å². The third kappa shape index (κ3) is 4.99. The second-order valence-corrected chi connectivity index (χ2v) is 7.54. The Morgan fingerprint density at radius 1 is 1.04 bits per heavy atom. The van der Waals surface area contributed by atoms with E-state index < -0.39 is 0 Å². The summed E-state index contributed by atoms with van der Waals surface area (Å²) in [5, 5.41) is 7.14. The molecule has 0 bridgehead atoms. The van der Waals surface area contributed by atoms with E-state index in [1.165, 1.54) is 42.4 Å². The fraction of sp³-hybridized carbons (Fsp3) is 0.500. The Balaban J connectivity index is 1.73. The lowest BCUT2D eigenvalue weighted by Crippen LogP contribution is -2.38. The lowest BCUT2D eigenvalue weighted by atomic mass is 9.91. The molecule has 0 unspecified atom stereocenters. The van der Waals surface area contributed by atoms with Gasteiger partial charge in [-0.2, -0.15) is 0 Å². The minimum absolute atomic E-state index is 0.587. The van der Waals surface area contributed by atoms with Gasteiger partial charge in [0.25, 0.3) is 0 Å². The summed E-state index contributed by atoms with van der Waals surface area (Å²) in [5.74, 6) is 1.90. The fourth-order valence-corrected chi connectivity index (χ4v) is 3.78. The minimum atomic E-state index is 0.587. The van der Waals surface area contributed by atoms with Crippen LogP contribution >= 0.6 is 0 Å². The van der Waals surface area contributed by atoms with E-state index in [2.05, 4.69) is 53.0 Å². The summed E-state index contributed by atoms with van der Waals surface area (Å²) in [6.45, 7) is 0.831. The Morgan fingerprint density at radius 3 is 2.41 bits per heavy atom. The highest BCUT2D eigenvalue weighted by atomic mass is 16.5. The molecule has 0 spiro atoms. The van der Waals surface area contributed by atoms with Gasteiger partial charge in [0.15, 0.2) is 0 Å². The van der Waals surface area contributed by atoms with Crippen LogP contribution in [0.4, 0.5) is 5.82 Å². The van der Waals surface area contributed by atoms with E-state index in [1.54, 1.807) is 7.11 Å². The maximum Gasteiger partial charge on any atom is 0.128 e. The highest BCUT2D eigenvalue weighted by Crippen LogP contribution is 2.28. The molecule has 1 saturated carbocycles. The van der Waals surface area contributed by atoms with Gasteiger partial charge in [-0.15, -0.1) is 0 Å². The molecule has 0 atom stereocenters. The zero-order valence-electron chi connectivity index (χ0n) is 17.0. The molecule has 1 aliphatic rings. The molecule has 0 saturated heterocycles. The van der Waals surface area contributed by atoms with Crippen molar-refractivity contribution in [3.05, 3.63) is 42.1 Å². The molecular formula is C22H32N4O. The van der Waals surface area contributed by atoms with Crippen molar-refractivity contribution in [3.8, 4) is 16.9 Å². The summed E-state index contributed by atoms with van der Waals surface area (Å²) < 4.78 is 5.60. The molecule has 2 aromatic rings. The van der Waals surface area contributed by atoms with Crippen LogP contribution in [0, 0.1) is 0 Å². The Kier molecular flexibility index (Phi) is 6.69. The van der Waals surface area contributed by atoms with E-state index in [4.69, 9.17) is 4.74 Å². The Bertz CT molecular complexity index is 739. The molecule has 1 aromatic carbocycles. The summed E-state index contributed by atoms with van der Waals surface area (Å²) in [5.41, 5.74) is 3.57. The van der Waals surface area contributed by atoms with Crippen LogP contribution in [0.25, 0.3) is 11.1 Å². The maximum absolute atomic E-state index is 5.60. The predicted molar refractivity (Wildman–Crippen MR) is 112 cm³/mol. The molecule has 1 fully saturated rings. The van der Waals surface area contributed by atoms with Crippen molar-refractivity contribution in [1.82, 2.24) is 15.6 Å². The molecule has 5 nitrogen and oxygen atoms in total. The molecule has 1 aliphatic carbocycles. The van der Waals surface area contributed by atoms with E-state index in [1.807, 2.05) is 25.2 Å². The van der Waals surface area contributed by atoms with Crippen molar-refractivity contribution < 1.29 is 4.74 Å². The van der Waals surface area contributed by atoms with Gasteiger partial charge in [-0.25, -0.2) is 4.98 Å². The van der Waals surface area contributed by atoms with Crippen LogP contribution in [0.1, 0.15) is 31.2 Å². The van der Waals surface area contributed by atoms with Gasteiger partial charge in [0, 0.05) is 44.5 Å². The Hall–Kier alpha value is -2.11. The number of nitrogens with one attached hydrogen (secondary N) is 2. The lowest BCUT2D eigenvalue weighted by molar-refractivity contribution is 0.315. The minimum Gasteiger partial charge on any atom is -0.496 e. The van der Waals surface area contributed by atoms with Crippen LogP contribution in [-0.4, -0.2) is 45.3 Å². The zero-order chi connectivity index (χ0) is 19.2. The van der Waals surface area contributed by atoms with Gasteiger partial charge < -0.3 is 20.3 Å². The topological polar surface area (TPSA) is 49.4 Å². The molecule has 3 rings (SSSR count). The number of methoxy groups -OCH3 is 1. The van der Waals surface area contributed by atoms with Crippen molar-refractivity contribution in [2.45, 2.75) is 44.3 Å². The van der Waals surface area contributed by atoms with E-state index in [-0.39, 0.29) is 0 Å². The average molecular weight is 369 g/mol. The molecule has 0 radical (unpaired) electrons. The quantitative estimate of drug-likeness (QED) is 0.784. The van der Waals surface area contributed by atoms with E-state index in [0.717, 1.165) is 18.1 Å². The van der Waals surface area contributed by atoms with Gasteiger partial charge in [-0.1, -0.05) is 6.07 Å². The van der Waals surface area contributed by atoms with Crippen molar-refractivity contribution in [3.63, 3.8) is 0 Å². The summed E-state index contributed by atoms with van der Waals surface area (Å²) >= 11 is 0. The summed E-state index contributed by atoms with van der Waals surface area (Å²) in [6, 6.07) is 11.9. The number of hydrogen-bond acceptors (Lipinski definition) is 5. The first-order valence-electron chi connectivity index (χ1n) is 9.82. The molecule has 2 N–H and O–H groups in total. The van der Waals surface area contributed by atoms with Crippen LogP contribution in [0.3, 0.4) is 0 Å². The second kappa shape index (κ2) is 9.20. The number of pyridine rings is 1. The van der Waals surface area contributed by atoms with E-state index in [0.29, 0.717) is 12.1 Å². The lowest BCUT2D eigenvalue weighted by Gasteiger charge is -2.29. The van der Waals surface area contributed by atoms with Gasteiger partial charge in [-0.05, 0) is 68.1 Å². The van der Waals surface area contributed by atoms with E-state index >= 15 is 0 Å². The third-order valence-electron chi connectivity index (χ3n) is 5.53. The SMILES string of the molecule is CNC1CCC(NCc2cc(-c3ccnc(N(C)C)c3)ccc2OC)CC1. The highest BCUT2D eigenvalue weighted by Gasteiger charge is 2.19. The first kappa shape index (κ1) is 19.6. The normalized spacial score (nSPS) is 19.7. The first-order chi connectivity index (χ1) is 13.1. The number of nitrogens with zero attached hydrogens (tertiary/aromatic N) is 2. The van der Waals surface area contributed by atoms with Crippen molar-refractivity contribution >= 4 is 5.82 Å². The summed E-state index contributed by atoms with van der Waals surface area (Å²) in [7, 11) is 7.83. The van der Waals surface area contributed by atoms with Crippen LogP contribution in [0.5, 0.6) is 5.75 Å². The van der Waals surface area contributed by atoms with Gasteiger partial charge >= 0.3 is 0 Å². The van der Waals surface area contributed by atoms with Crippen molar-refractivity contribution in [1.29, 1.82) is 0 Å². The van der Waals surface area contributed by atoms with Gasteiger partial charge in [0.2, 0.25) is 0 Å². The molecule has 146 valence electrons. The smallest absolute Gasteiger partial charge is 0.128 e. The van der Waals surface area contributed by atoms with Gasteiger partial charge in [0.05, 0.1) is 7.11 Å². The van der Waals surface area contributed by atoms with Gasteiger partial charge in [-0.3, -0.25) is 0 Å². The molecule has 27 heavy (non-hydrogen) atoms. The standard InChI is InChI=1S/C22H32N4O/c1-23-19-6-8-20(9-7-19)25-15-18-13-16(5-10-21(18)27-4)17-11-12-24-22(14-17)26(2)3/h5,10-14,19-20,23,25H,6-9,15H2,1-4H3. The number of hydrogen-bond donors (Lipinski definition) is 2. The van der Waals surface area contributed by atoms with Crippen LogP contribution in [-0.2, 0) is 6.54 Å². The zero-order valence-corrected chi connectivity index (χ0v) is 17.0. The first-order valence-corrected chi connectivity index (χ1v) is 9.82. The maximum atomic E-state index is 5.60. The Morgan fingerprint density at radius 2 is 1.74 bits per heavy atom. The monoisotopic (exact) mass is 368 g/mol. The molecule has 0 amide bonds. The van der Waals surface area contributed by atoms with Gasteiger partial charge in [0.1, 0.15) is 11.6 Å². The van der Waals surface area contributed by atoms with Crippen molar-refractivity contribution in [2.75, 3.05) is 33.2 Å². The molecule has 5 heteroatoms. The molecule has 1 aromatic heterocycles. The predicted octanol–water partition coefficient (Wildman–Crippen LogP) is 3.44. The molecule has 1 heterocycles. The largest absolute Gasteiger partial charge is 0.496 e. The number of rotatable bonds is 7. The average Bonchev–Trinajstić information content (AvgIpc) is 2.72. The number of benzene rings is 1. The number of anilines is 1. The highest BCUT2D eigenvalue weighted by molar-refractivity contribution is 5.68. The fourth-order valence-electron chi connectivity index (χ4n) is 3.78. The second-order valence-electron chi connectivity index (χ2n) is 7.54. The molecule has 0 aliphatic heterocycles. The number of ether oxygens (including phenoxy) is 1. The number of aromatic nitrogens is 1. The summed E-state index contributed by atoms with van der Waals surface area (Å²) in [6.07, 6.45) is 6.81. The third-order valence-corrected chi connectivity index (χ3v) is 5.53. The molecular weight excluding hydrogens is 336 g/mol. The van der Waals surface area contributed by atoms with Crippen molar-refractivity contribution in [2.24, 2.45) is 0 Å². The van der Waals surface area contributed by atoms with Crippen LogP contribution in [0.2, 0.25) is 0 Å². The Labute approximate surface area is 163 Å². The van der Waals surface area contributed by atoms with Crippen LogP contribution in [0.15, 0.2) is 36.5 Å². The van der Waals surface area contributed by atoms with Crippen LogP contribution < -0.4 is 20.3 Å².